The molecule has 2 rings (SSSR count). The van der Waals surface area contributed by atoms with Gasteiger partial charge in [-0.1, -0.05) is 19.1 Å². The zero-order valence-corrected chi connectivity index (χ0v) is 13.4. The molecule has 0 bridgehead atoms. The topological polar surface area (TPSA) is 15.3 Å². The fourth-order valence-electron chi connectivity index (χ4n) is 3.28. The standard InChI is InChI=1S/C18H29FN2/c1-3-12-21-13-4-5-17(14-21)15(2)20-11-10-16-6-8-18(19)9-7-16/h6-9,15,17,20H,3-5,10-14H2,1-2H3. The summed E-state index contributed by atoms with van der Waals surface area (Å²) in [5.74, 6) is 0.608. The number of piperidine rings is 1. The molecule has 2 nitrogen and oxygen atoms in total. The van der Waals surface area contributed by atoms with Crippen molar-refractivity contribution in [1.82, 2.24) is 10.2 Å². The number of rotatable bonds is 7. The predicted molar refractivity (Wildman–Crippen MR) is 87.0 cm³/mol. The van der Waals surface area contributed by atoms with Gasteiger partial charge in [0.2, 0.25) is 0 Å². The molecule has 0 aliphatic carbocycles. The first-order valence-corrected chi connectivity index (χ1v) is 8.39. The summed E-state index contributed by atoms with van der Waals surface area (Å²) >= 11 is 0. The zero-order valence-electron chi connectivity index (χ0n) is 13.4. The molecule has 1 fully saturated rings. The highest BCUT2D eigenvalue weighted by Gasteiger charge is 2.23. The number of benzene rings is 1. The van der Waals surface area contributed by atoms with Gasteiger partial charge in [0.25, 0.3) is 0 Å². The molecule has 1 aliphatic heterocycles. The smallest absolute Gasteiger partial charge is 0.123 e. The summed E-state index contributed by atoms with van der Waals surface area (Å²) in [5, 5.41) is 3.66. The summed E-state index contributed by atoms with van der Waals surface area (Å²) in [6, 6.07) is 7.41. The van der Waals surface area contributed by atoms with E-state index in [1.54, 1.807) is 12.1 Å². The molecule has 1 aliphatic rings. The molecular weight excluding hydrogens is 263 g/mol. The van der Waals surface area contributed by atoms with E-state index in [-0.39, 0.29) is 5.82 Å². The molecule has 1 aromatic carbocycles. The number of hydrogen-bond donors (Lipinski definition) is 1. The average molecular weight is 292 g/mol. The fourth-order valence-corrected chi connectivity index (χ4v) is 3.28. The minimum atomic E-state index is -0.154. The van der Waals surface area contributed by atoms with Gasteiger partial charge >= 0.3 is 0 Å². The molecule has 21 heavy (non-hydrogen) atoms. The third kappa shape index (κ3) is 5.40. The van der Waals surface area contributed by atoms with Crippen molar-refractivity contribution >= 4 is 0 Å². The lowest BCUT2D eigenvalue weighted by atomic mass is 9.91. The molecule has 118 valence electrons. The lowest BCUT2D eigenvalue weighted by Gasteiger charge is -2.36. The summed E-state index contributed by atoms with van der Waals surface area (Å²) in [4.78, 5) is 2.60. The molecule has 0 saturated carbocycles. The van der Waals surface area contributed by atoms with Crippen molar-refractivity contribution in [3.63, 3.8) is 0 Å². The molecule has 2 unspecified atom stereocenters. The van der Waals surface area contributed by atoms with E-state index in [4.69, 9.17) is 0 Å². The number of nitrogens with zero attached hydrogens (tertiary/aromatic N) is 1. The molecule has 0 aromatic heterocycles. The van der Waals surface area contributed by atoms with E-state index in [0.29, 0.717) is 6.04 Å². The van der Waals surface area contributed by atoms with Crippen LogP contribution >= 0.6 is 0 Å². The summed E-state index contributed by atoms with van der Waals surface area (Å²) in [5.41, 5.74) is 1.20. The Balaban J connectivity index is 1.71. The van der Waals surface area contributed by atoms with Crippen LogP contribution in [-0.2, 0) is 6.42 Å². The SMILES string of the molecule is CCCN1CCCC(C(C)NCCc2ccc(F)cc2)C1. The molecule has 2 atom stereocenters. The number of halogens is 1. The van der Waals surface area contributed by atoms with Gasteiger partial charge in [-0.2, -0.15) is 0 Å². The van der Waals surface area contributed by atoms with Crippen LogP contribution in [0.5, 0.6) is 0 Å². The zero-order chi connectivity index (χ0) is 15.1. The van der Waals surface area contributed by atoms with E-state index in [0.717, 1.165) is 18.9 Å². The Bertz CT molecular complexity index is 402. The molecule has 0 amide bonds. The normalized spacial score (nSPS) is 21.4. The second-order valence-electron chi connectivity index (χ2n) is 6.32. The van der Waals surface area contributed by atoms with E-state index >= 15 is 0 Å². The summed E-state index contributed by atoms with van der Waals surface area (Å²) in [6.07, 6.45) is 4.88. The van der Waals surface area contributed by atoms with Crippen LogP contribution in [0.2, 0.25) is 0 Å². The maximum absolute atomic E-state index is 12.9. The van der Waals surface area contributed by atoms with Crippen LogP contribution in [0.15, 0.2) is 24.3 Å². The number of nitrogens with one attached hydrogen (secondary N) is 1. The fraction of sp³-hybridized carbons (Fsp3) is 0.667. The van der Waals surface area contributed by atoms with Crippen molar-refractivity contribution in [2.45, 2.75) is 45.6 Å². The van der Waals surface area contributed by atoms with E-state index < -0.39 is 0 Å². The van der Waals surface area contributed by atoms with Crippen LogP contribution in [0, 0.1) is 11.7 Å². The van der Waals surface area contributed by atoms with Crippen molar-refractivity contribution in [2.75, 3.05) is 26.2 Å². The summed E-state index contributed by atoms with van der Waals surface area (Å²) in [7, 11) is 0. The van der Waals surface area contributed by atoms with E-state index in [1.807, 2.05) is 12.1 Å². The Labute approximate surface area is 128 Å². The molecule has 1 saturated heterocycles. The molecule has 3 heteroatoms. The van der Waals surface area contributed by atoms with Crippen molar-refractivity contribution < 1.29 is 4.39 Å². The average Bonchev–Trinajstić information content (AvgIpc) is 2.50. The summed E-state index contributed by atoms with van der Waals surface area (Å²) in [6.45, 7) is 9.28. The minimum Gasteiger partial charge on any atom is -0.314 e. The maximum atomic E-state index is 12.9. The lowest BCUT2D eigenvalue weighted by molar-refractivity contribution is 0.151. The largest absolute Gasteiger partial charge is 0.314 e. The van der Waals surface area contributed by atoms with Crippen LogP contribution in [0.1, 0.15) is 38.7 Å². The summed E-state index contributed by atoms with van der Waals surface area (Å²) < 4.78 is 12.9. The highest BCUT2D eigenvalue weighted by Crippen LogP contribution is 2.19. The van der Waals surface area contributed by atoms with Gasteiger partial charge in [0.1, 0.15) is 5.82 Å². The third-order valence-corrected chi connectivity index (χ3v) is 4.58. The Kier molecular flexibility index (Phi) is 6.65. The third-order valence-electron chi connectivity index (χ3n) is 4.58. The van der Waals surface area contributed by atoms with Gasteiger partial charge in [0.05, 0.1) is 0 Å². The van der Waals surface area contributed by atoms with E-state index in [2.05, 4.69) is 24.1 Å². The van der Waals surface area contributed by atoms with Gasteiger partial charge in [-0.25, -0.2) is 4.39 Å². The van der Waals surface area contributed by atoms with Gasteiger partial charge in [0.15, 0.2) is 0 Å². The van der Waals surface area contributed by atoms with Gasteiger partial charge in [0, 0.05) is 12.6 Å². The van der Waals surface area contributed by atoms with Crippen LogP contribution in [0.3, 0.4) is 0 Å². The first-order valence-electron chi connectivity index (χ1n) is 8.39. The molecule has 1 heterocycles. The molecule has 1 N–H and O–H groups in total. The molecule has 0 radical (unpaired) electrons. The maximum Gasteiger partial charge on any atom is 0.123 e. The minimum absolute atomic E-state index is 0.154. The Morgan fingerprint density at radius 2 is 2.10 bits per heavy atom. The highest BCUT2D eigenvalue weighted by atomic mass is 19.1. The van der Waals surface area contributed by atoms with Gasteiger partial charge in [-0.15, -0.1) is 0 Å². The van der Waals surface area contributed by atoms with Gasteiger partial charge < -0.3 is 10.2 Å². The Morgan fingerprint density at radius 1 is 1.33 bits per heavy atom. The highest BCUT2D eigenvalue weighted by molar-refractivity contribution is 5.16. The van der Waals surface area contributed by atoms with E-state index in [9.17, 15) is 4.39 Å². The first kappa shape index (κ1) is 16.4. The molecule has 1 aromatic rings. The lowest BCUT2D eigenvalue weighted by Crippen LogP contribution is -2.45. The van der Waals surface area contributed by atoms with Crippen molar-refractivity contribution in [1.29, 1.82) is 0 Å². The van der Waals surface area contributed by atoms with Crippen molar-refractivity contribution in [3.8, 4) is 0 Å². The van der Waals surface area contributed by atoms with Crippen molar-refractivity contribution in [3.05, 3.63) is 35.6 Å². The van der Waals surface area contributed by atoms with Crippen LogP contribution in [0.25, 0.3) is 0 Å². The van der Waals surface area contributed by atoms with Crippen LogP contribution in [0.4, 0.5) is 4.39 Å². The Hall–Kier alpha value is -0.930. The predicted octanol–water partition coefficient (Wildman–Crippen LogP) is 3.47. The van der Waals surface area contributed by atoms with E-state index in [1.165, 1.54) is 44.5 Å². The monoisotopic (exact) mass is 292 g/mol. The van der Waals surface area contributed by atoms with Crippen LogP contribution < -0.4 is 5.32 Å². The van der Waals surface area contributed by atoms with Gasteiger partial charge in [-0.3, -0.25) is 0 Å². The number of hydrogen-bond acceptors (Lipinski definition) is 2. The van der Waals surface area contributed by atoms with Gasteiger partial charge in [-0.05, 0) is 75.9 Å². The number of likely N-dealkylation sites (tertiary alicyclic amines) is 1. The molecular formula is C18H29FN2. The second kappa shape index (κ2) is 8.50. The van der Waals surface area contributed by atoms with Crippen LogP contribution in [-0.4, -0.2) is 37.1 Å². The Morgan fingerprint density at radius 3 is 2.81 bits per heavy atom. The first-order chi connectivity index (χ1) is 10.2. The molecule has 0 spiro atoms. The second-order valence-corrected chi connectivity index (χ2v) is 6.32. The van der Waals surface area contributed by atoms with Crippen molar-refractivity contribution in [2.24, 2.45) is 5.92 Å². The quantitative estimate of drug-likeness (QED) is 0.828.